The first-order valence-electron chi connectivity index (χ1n) is 11.1. The van der Waals surface area contributed by atoms with Crippen molar-refractivity contribution in [2.24, 2.45) is 0 Å². The van der Waals surface area contributed by atoms with Gasteiger partial charge in [-0.3, -0.25) is 0 Å². The highest BCUT2D eigenvalue weighted by molar-refractivity contribution is 5.48. The van der Waals surface area contributed by atoms with Crippen molar-refractivity contribution in [2.45, 2.75) is 36.3 Å². The maximum atomic E-state index is 10.6. The number of rotatable bonds is 8. The fraction of sp³-hybridized carbons (Fsp3) is 0.333. The molecule has 180 valence electrons. The lowest BCUT2D eigenvalue weighted by Gasteiger charge is -2.42. The monoisotopic (exact) mass is 466 g/mol. The Morgan fingerprint density at radius 1 is 0.706 bits per heavy atom. The van der Waals surface area contributed by atoms with Gasteiger partial charge >= 0.3 is 0 Å². The Morgan fingerprint density at radius 3 is 1.74 bits per heavy atom. The van der Waals surface area contributed by atoms with E-state index in [0.717, 1.165) is 16.7 Å². The second-order valence-electron chi connectivity index (χ2n) is 8.20. The van der Waals surface area contributed by atoms with E-state index in [-0.39, 0.29) is 6.61 Å². The van der Waals surface area contributed by atoms with Crippen LogP contribution in [0, 0.1) is 0 Å². The number of methoxy groups -OCH3 is 2. The van der Waals surface area contributed by atoms with Gasteiger partial charge in [-0.25, -0.2) is 0 Å². The number of hydrogen-bond donors (Lipinski definition) is 3. The Bertz CT molecular complexity index is 984. The van der Waals surface area contributed by atoms with Crippen molar-refractivity contribution in [1.82, 2.24) is 0 Å². The molecule has 7 nitrogen and oxygen atoms in total. The summed E-state index contributed by atoms with van der Waals surface area (Å²) >= 11 is 0. The normalized spacial score (nSPS) is 25.1. The molecule has 0 radical (unpaired) electrons. The van der Waals surface area contributed by atoms with Crippen LogP contribution < -0.4 is 4.74 Å². The largest absolute Gasteiger partial charge is 0.497 e. The third-order valence-corrected chi connectivity index (χ3v) is 6.22. The third-order valence-electron chi connectivity index (χ3n) is 6.22. The molecule has 4 rings (SSSR count). The Morgan fingerprint density at radius 2 is 1.24 bits per heavy atom. The maximum absolute atomic E-state index is 10.6. The van der Waals surface area contributed by atoms with Crippen LogP contribution in [0.25, 0.3) is 0 Å². The summed E-state index contributed by atoms with van der Waals surface area (Å²) in [6.45, 7) is -0.0827. The standard InChI is InChI=1S/C27H30O7/c1-31-21-15-13-20(14-16-21)27(18-9-5-3-6-10-18,19-11-7-4-8-12-19)33-17-22-23(28)24(29)25(30)26(32-2)34-22/h3-16,22-26,28-30H,17H2,1-2H3/t22-,23-,24+,25+,26+/m1/s1. The maximum Gasteiger partial charge on any atom is 0.186 e. The summed E-state index contributed by atoms with van der Waals surface area (Å²) in [5.74, 6) is 0.713. The van der Waals surface area contributed by atoms with Gasteiger partial charge in [0, 0.05) is 7.11 Å². The molecule has 1 fully saturated rings. The van der Waals surface area contributed by atoms with Crippen molar-refractivity contribution >= 4 is 0 Å². The molecule has 0 aromatic heterocycles. The number of aliphatic hydroxyl groups excluding tert-OH is 3. The molecule has 3 N–H and O–H groups in total. The average molecular weight is 467 g/mol. The Kier molecular flexibility index (Phi) is 7.63. The minimum Gasteiger partial charge on any atom is -0.497 e. The van der Waals surface area contributed by atoms with Crippen LogP contribution in [0.3, 0.4) is 0 Å². The van der Waals surface area contributed by atoms with Gasteiger partial charge in [0.1, 0.15) is 35.8 Å². The summed E-state index contributed by atoms with van der Waals surface area (Å²) in [5, 5.41) is 31.1. The highest BCUT2D eigenvalue weighted by Crippen LogP contribution is 2.41. The van der Waals surface area contributed by atoms with E-state index in [1.165, 1.54) is 7.11 Å². The molecule has 34 heavy (non-hydrogen) atoms. The molecule has 0 saturated carbocycles. The molecule has 1 heterocycles. The molecule has 0 bridgehead atoms. The van der Waals surface area contributed by atoms with E-state index in [9.17, 15) is 15.3 Å². The van der Waals surface area contributed by atoms with Crippen molar-refractivity contribution < 1.29 is 34.3 Å². The quantitative estimate of drug-likeness (QED) is 0.439. The molecule has 1 saturated heterocycles. The Balaban J connectivity index is 1.79. The minimum absolute atomic E-state index is 0.0827. The van der Waals surface area contributed by atoms with Crippen molar-refractivity contribution in [3.05, 3.63) is 102 Å². The fourth-order valence-corrected chi connectivity index (χ4v) is 4.38. The predicted octanol–water partition coefficient (Wildman–Crippen LogP) is 2.46. The molecule has 1 aliphatic rings. The van der Waals surface area contributed by atoms with E-state index >= 15 is 0 Å². The molecule has 0 aliphatic carbocycles. The number of ether oxygens (including phenoxy) is 4. The van der Waals surface area contributed by atoms with Gasteiger partial charge in [-0.2, -0.15) is 0 Å². The zero-order valence-electron chi connectivity index (χ0n) is 19.2. The lowest BCUT2D eigenvalue weighted by Crippen LogP contribution is -2.59. The van der Waals surface area contributed by atoms with Gasteiger partial charge in [0.05, 0.1) is 13.7 Å². The van der Waals surface area contributed by atoms with E-state index in [1.54, 1.807) is 7.11 Å². The van der Waals surface area contributed by atoms with E-state index in [1.807, 2.05) is 84.9 Å². The zero-order chi connectivity index (χ0) is 24.1. The van der Waals surface area contributed by atoms with E-state index in [2.05, 4.69) is 0 Å². The van der Waals surface area contributed by atoms with Gasteiger partial charge in [0.2, 0.25) is 0 Å². The summed E-state index contributed by atoms with van der Waals surface area (Å²) in [4.78, 5) is 0. The topological polar surface area (TPSA) is 97.6 Å². The first-order chi connectivity index (χ1) is 16.5. The SMILES string of the molecule is COc1ccc(C(OC[C@H]2O[C@H](OC)[C@@H](O)[C@@H](O)[C@@H]2O)(c2ccccc2)c2ccccc2)cc1. The molecule has 0 amide bonds. The second-order valence-corrected chi connectivity index (χ2v) is 8.20. The van der Waals surface area contributed by atoms with Gasteiger partial charge in [0.15, 0.2) is 6.29 Å². The molecule has 0 spiro atoms. The van der Waals surface area contributed by atoms with Gasteiger partial charge in [0.25, 0.3) is 0 Å². The second kappa shape index (κ2) is 10.7. The van der Waals surface area contributed by atoms with Crippen LogP contribution in [0.5, 0.6) is 5.75 Å². The zero-order valence-corrected chi connectivity index (χ0v) is 19.2. The molecule has 5 atom stereocenters. The van der Waals surface area contributed by atoms with Crippen LogP contribution >= 0.6 is 0 Å². The lowest BCUT2D eigenvalue weighted by atomic mass is 9.80. The van der Waals surface area contributed by atoms with Gasteiger partial charge in [-0.1, -0.05) is 72.8 Å². The Labute approximate surface area is 199 Å². The van der Waals surface area contributed by atoms with E-state index in [0.29, 0.717) is 5.75 Å². The minimum atomic E-state index is -1.43. The molecular formula is C27H30O7. The summed E-state index contributed by atoms with van der Waals surface area (Å²) in [6.07, 6.45) is -6.19. The summed E-state index contributed by atoms with van der Waals surface area (Å²) < 4.78 is 22.9. The molecule has 3 aromatic rings. The average Bonchev–Trinajstić information content (AvgIpc) is 2.90. The predicted molar refractivity (Wildman–Crippen MR) is 125 cm³/mol. The smallest absolute Gasteiger partial charge is 0.186 e. The lowest BCUT2D eigenvalue weighted by molar-refractivity contribution is -0.299. The highest BCUT2D eigenvalue weighted by Gasteiger charge is 2.46. The van der Waals surface area contributed by atoms with Crippen LogP contribution in [0.15, 0.2) is 84.9 Å². The van der Waals surface area contributed by atoms with Gasteiger partial charge < -0.3 is 34.3 Å². The molecular weight excluding hydrogens is 436 g/mol. The number of aliphatic hydroxyl groups is 3. The third kappa shape index (κ3) is 4.59. The molecule has 0 unspecified atom stereocenters. The molecule has 3 aromatic carbocycles. The molecule has 7 heteroatoms. The van der Waals surface area contributed by atoms with Gasteiger partial charge in [-0.15, -0.1) is 0 Å². The fourth-order valence-electron chi connectivity index (χ4n) is 4.38. The van der Waals surface area contributed by atoms with E-state index < -0.39 is 36.3 Å². The van der Waals surface area contributed by atoms with Crippen molar-refractivity contribution in [2.75, 3.05) is 20.8 Å². The van der Waals surface area contributed by atoms with Gasteiger partial charge in [-0.05, 0) is 28.8 Å². The van der Waals surface area contributed by atoms with Crippen LogP contribution in [-0.4, -0.2) is 66.9 Å². The van der Waals surface area contributed by atoms with Crippen LogP contribution in [-0.2, 0) is 19.8 Å². The van der Waals surface area contributed by atoms with Crippen LogP contribution in [0.1, 0.15) is 16.7 Å². The molecule has 1 aliphatic heterocycles. The van der Waals surface area contributed by atoms with E-state index in [4.69, 9.17) is 18.9 Å². The van der Waals surface area contributed by atoms with Crippen molar-refractivity contribution in [3.63, 3.8) is 0 Å². The highest BCUT2D eigenvalue weighted by atomic mass is 16.7. The first-order valence-corrected chi connectivity index (χ1v) is 11.1. The first kappa shape index (κ1) is 24.3. The van der Waals surface area contributed by atoms with Crippen LogP contribution in [0.2, 0.25) is 0 Å². The van der Waals surface area contributed by atoms with Crippen molar-refractivity contribution in [1.29, 1.82) is 0 Å². The van der Waals surface area contributed by atoms with Crippen molar-refractivity contribution in [3.8, 4) is 5.75 Å². The van der Waals surface area contributed by atoms with Crippen LogP contribution in [0.4, 0.5) is 0 Å². The number of hydrogen-bond acceptors (Lipinski definition) is 7. The summed E-state index contributed by atoms with van der Waals surface area (Å²) in [5.41, 5.74) is 1.54. The summed E-state index contributed by atoms with van der Waals surface area (Å²) in [7, 11) is 2.98. The number of benzene rings is 3. The Hall–Kier alpha value is -2.78. The summed E-state index contributed by atoms with van der Waals surface area (Å²) in [6, 6.07) is 27.1.